The molecule has 1 unspecified atom stereocenters. The molecule has 0 aromatic heterocycles. The van der Waals surface area contributed by atoms with Crippen LogP contribution in [0.15, 0.2) is 24.3 Å². The molecule has 0 aliphatic heterocycles. The fourth-order valence-electron chi connectivity index (χ4n) is 1.79. The SMILES string of the molecule is CCOc1ccc(C(=O)NCC(Cl)C2CC2)cc1. The van der Waals surface area contributed by atoms with Crippen molar-refractivity contribution in [2.24, 2.45) is 5.92 Å². The van der Waals surface area contributed by atoms with Gasteiger partial charge in [0.1, 0.15) is 5.75 Å². The largest absolute Gasteiger partial charge is 0.494 e. The van der Waals surface area contributed by atoms with E-state index >= 15 is 0 Å². The van der Waals surface area contributed by atoms with Gasteiger partial charge in [-0.2, -0.15) is 0 Å². The van der Waals surface area contributed by atoms with E-state index in [2.05, 4.69) is 5.32 Å². The van der Waals surface area contributed by atoms with Crippen molar-refractivity contribution < 1.29 is 9.53 Å². The van der Waals surface area contributed by atoms with Crippen LogP contribution in [0.1, 0.15) is 30.1 Å². The van der Waals surface area contributed by atoms with Crippen LogP contribution >= 0.6 is 11.6 Å². The summed E-state index contributed by atoms with van der Waals surface area (Å²) in [5.41, 5.74) is 0.637. The summed E-state index contributed by atoms with van der Waals surface area (Å²) in [4.78, 5) is 11.9. The summed E-state index contributed by atoms with van der Waals surface area (Å²) in [5, 5.41) is 2.93. The number of benzene rings is 1. The molecule has 0 heterocycles. The van der Waals surface area contributed by atoms with Gasteiger partial charge in [0.15, 0.2) is 0 Å². The second-order valence-electron chi connectivity index (χ2n) is 4.52. The Kier molecular flexibility index (Phi) is 4.48. The maximum absolute atomic E-state index is 11.9. The van der Waals surface area contributed by atoms with Gasteiger partial charge in [0, 0.05) is 12.1 Å². The molecular formula is C14H18ClNO2. The van der Waals surface area contributed by atoms with Gasteiger partial charge in [-0.3, -0.25) is 4.79 Å². The Morgan fingerprint density at radius 1 is 1.44 bits per heavy atom. The van der Waals surface area contributed by atoms with Crippen LogP contribution < -0.4 is 10.1 Å². The summed E-state index contributed by atoms with van der Waals surface area (Å²) in [5.74, 6) is 1.29. The van der Waals surface area contributed by atoms with Crippen molar-refractivity contribution in [2.45, 2.75) is 25.1 Å². The average Bonchev–Trinajstić information content (AvgIpc) is 3.21. The Labute approximate surface area is 112 Å². The molecule has 0 radical (unpaired) electrons. The average molecular weight is 268 g/mol. The number of amides is 1. The molecule has 0 spiro atoms. The van der Waals surface area contributed by atoms with E-state index in [-0.39, 0.29) is 11.3 Å². The van der Waals surface area contributed by atoms with Crippen molar-refractivity contribution in [3.8, 4) is 5.75 Å². The van der Waals surface area contributed by atoms with Crippen molar-refractivity contribution in [2.75, 3.05) is 13.2 Å². The van der Waals surface area contributed by atoms with Gasteiger partial charge >= 0.3 is 0 Å². The number of carbonyl (C=O) groups excluding carboxylic acids is 1. The molecule has 2 rings (SSSR count). The Morgan fingerprint density at radius 2 is 2.11 bits per heavy atom. The van der Waals surface area contributed by atoms with Crippen LogP contribution in [-0.2, 0) is 0 Å². The number of rotatable bonds is 6. The van der Waals surface area contributed by atoms with E-state index in [4.69, 9.17) is 16.3 Å². The fourth-order valence-corrected chi connectivity index (χ4v) is 2.12. The van der Waals surface area contributed by atoms with Gasteiger partial charge in [-0.05, 0) is 49.9 Å². The minimum Gasteiger partial charge on any atom is -0.494 e. The standard InChI is InChI=1S/C14H18ClNO2/c1-2-18-12-7-5-11(6-8-12)14(17)16-9-13(15)10-3-4-10/h5-8,10,13H,2-4,9H2,1H3,(H,16,17). The lowest BCUT2D eigenvalue weighted by Crippen LogP contribution is -2.30. The Hall–Kier alpha value is -1.22. The van der Waals surface area contributed by atoms with E-state index in [9.17, 15) is 4.79 Å². The number of hydrogen-bond acceptors (Lipinski definition) is 2. The summed E-state index contributed by atoms with van der Waals surface area (Å²) >= 11 is 6.14. The molecule has 1 amide bonds. The summed E-state index contributed by atoms with van der Waals surface area (Å²) in [6, 6.07) is 7.14. The first-order chi connectivity index (χ1) is 8.70. The van der Waals surface area contributed by atoms with Crippen LogP contribution in [0.3, 0.4) is 0 Å². The minimum atomic E-state index is -0.0793. The van der Waals surface area contributed by atoms with Crippen molar-refractivity contribution in [1.29, 1.82) is 0 Å². The first kappa shape index (κ1) is 13.2. The normalized spacial score (nSPS) is 16.1. The Morgan fingerprint density at radius 3 is 2.67 bits per heavy atom. The van der Waals surface area contributed by atoms with E-state index in [1.54, 1.807) is 24.3 Å². The van der Waals surface area contributed by atoms with Crippen LogP contribution in [-0.4, -0.2) is 24.4 Å². The zero-order chi connectivity index (χ0) is 13.0. The zero-order valence-electron chi connectivity index (χ0n) is 10.5. The summed E-state index contributed by atoms with van der Waals surface area (Å²) < 4.78 is 5.33. The van der Waals surface area contributed by atoms with Gasteiger partial charge in [0.2, 0.25) is 0 Å². The number of nitrogens with one attached hydrogen (secondary N) is 1. The molecule has 1 aliphatic carbocycles. The molecule has 98 valence electrons. The highest BCUT2D eigenvalue weighted by Crippen LogP contribution is 2.35. The van der Waals surface area contributed by atoms with E-state index in [1.165, 1.54) is 12.8 Å². The van der Waals surface area contributed by atoms with E-state index < -0.39 is 0 Å². The van der Waals surface area contributed by atoms with Crippen LogP contribution in [0, 0.1) is 5.92 Å². The fraction of sp³-hybridized carbons (Fsp3) is 0.500. The molecule has 0 bridgehead atoms. The van der Waals surface area contributed by atoms with Gasteiger partial charge in [0.05, 0.1) is 12.0 Å². The highest BCUT2D eigenvalue weighted by molar-refractivity contribution is 6.21. The molecule has 1 N–H and O–H groups in total. The second kappa shape index (κ2) is 6.10. The maximum Gasteiger partial charge on any atom is 0.251 e. The number of carbonyl (C=O) groups is 1. The predicted molar refractivity (Wildman–Crippen MR) is 72.3 cm³/mol. The number of ether oxygens (including phenoxy) is 1. The van der Waals surface area contributed by atoms with Crippen LogP contribution in [0.4, 0.5) is 0 Å². The van der Waals surface area contributed by atoms with E-state index in [0.717, 1.165) is 5.75 Å². The monoisotopic (exact) mass is 267 g/mol. The van der Waals surface area contributed by atoms with Crippen LogP contribution in [0.5, 0.6) is 5.75 Å². The molecule has 3 nitrogen and oxygen atoms in total. The third-order valence-corrected chi connectivity index (χ3v) is 3.53. The number of halogens is 1. The number of hydrogen-bond donors (Lipinski definition) is 1. The van der Waals surface area contributed by atoms with Gasteiger partial charge in [0.25, 0.3) is 5.91 Å². The molecule has 1 aliphatic rings. The summed E-state index contributed by atoms with van der Waals surface area (Å²) in [7, 11) is 0. The smallest absolute Gasteiger partial charge is 0.251 e. The molecule has 1 fully saturated rings. The Balaban J connectivity index is 1.83. The first-order valence-electron chi connectivity index (χ1n) is 6.36. The third-order valence-electron chi connectivity index (χ3n) is 3.02. The minimum absolute atomic E-state index is 0.0663. The van der Waals surface area contributed by atoms with Gasteiger partial charge < -0.3 is 10.1 Å². The van der Waals surface area contributed by atoms with E-state index in [1.807, 2.05) is 6.92 Å². The number of alkyl halides is 1. The maximum atomic E-state index is 11.9. The second-order valence-corrected chi connectivity index (χ2v) is 5.08. The van der Waals surface area contributed by atoms with Crippen molar-refractivity contribution in [3.05, 3.63) is 29.8 Å². The molecule has 0 saturated heterocycles. The lowest BCUT2D eigenvalue weighted by Gasteiger charge is -2.10. The topological polar surface area (TPSA) is 38.3 Å². The summed E-state index contributed by atoms with van der Waals surface area (Å²) in [6.07, 6.45) is 2.38. The lowest BCUT2D eigenvalue weighted by atomic mass is 10.2. The predicted octanol–water partition coefficient (Wildman–Crippen LogP) is 2.83. The van der Waals surface area contributed by atoms with Gasteiger partial charge in [-0.1, -0.05) is 0 Å². The van der Waals surface area contributed by atoms with Gasteiger partial charge in [-0.15, -0.1) is 11.6 Å². The molecular weight excluding hydrogens is 250 g/mol. The Bertz CT molecular complexity index is 401. The third kappa shape index (κ3) is 3.64. The quantitative estimate of drug-likeness (QED) is 0.805. The summed E-state index contributed by atoms with van der Waals surface area (Å²) in [6.45, 7) is 3.10. The van der Waals surface area contributed by atoms with Crippen molar-refractivity contribution in [1.82, 2.24) is 5.32 Å². The molecule has 1 saturated carbocycles. The van der Waals surface area contributed by atoms with Gasteiger partial charge in [-0.25, -0.2) is 0 Å². The molecule has 4 heteroatoms. The molecule has 1 aromatic rings. The lowest BCUT2D eigenvalue weighted by molar-refractivity contribution is 0.0953. The highest BCUT2D eigenvalue weighted by Gasteiger charge is 2.29. The van der Waals surface area contributed by atoms with Crippen LogP contribution in [0.2, 0.25) is 0 Å². The molecule has 1 atom stereocenters. The molecule has 18 heavy (non-hydrogen) atoms. The van der Waals surface area contributed by atoms with E-state index in [0.29, 0.717) is 24.6 Å². The first-order valence-corrected chi connectivity index (χ1v) is 6.79. The van der Waals surface area contributed by atoms with Crippen molar-refractivity contribution >= 4 is 17.5 Å². The zero-order valence-corrected chi connectivity index (χ0v) is 11.2. The molecule has 1 aromatic carbocycles. The van der Waals surface area contributed by atoms with Crippen molar-refractivity contribution in [3.63, 3.8) is 0 Å². The highest BCUT2D eigenvalue weighted by atomic mass is 35.5. The van der Waals surface area contributed by atoms with Crippen LogP contribution in [0.25, 0.3) is 0 Å².